The molecule has 2 amide bonds. The van der Waals surface area contributed by atoms with Gasteiger partial charge in [0.05, 0.1) is 6.04 Å². The molecule has 5 nitrogen and oxygen atoms in total. The Labute approximate surface area is 116 Å². The number of carbonyl (C=O) groups excluding carboxylic acids is 2. The second kappa shape index (κ2) is 7.48. The lowest BCUT2D eigenvalue weighted by atomic mass is 9.95. The van der Waals surface area contributed by atoms with E-state index in [1.54, 1.807) is 19.0 Å². The molecule has 1 atom stereocenters. The molecule has 0 bridgehead atoms. The zero-order chi connectivity index (χ0) is 14.4. The summed E-state index contributed by atoms with van der Waals surface area (Å²) in [7, 11) is 3.56. The van der Waals surface area contributed by atoms with Crippen molar-refractivity contribution in [1.29, 1.82) is 0 Å². The molecule has 1 N–H and O–H groups in total. The van der Waals surface area contributed by atoms with Crippen LogP contribution in [0.5, 0.6) is 0 Å². The van der Waals surface area contributed by atoms with Crippen LogP contribution in [0.3, 0.4) is 0 Å². The van der Waals surface area contributed by atoms with Crippen molar-refractivity contribution in [3.63, 3.8) is 0 Å². The highest BCUT2D eigenvalue weighted by atomic mass is 16.2. The lowest BCUT2D eigenvalue weighted by Crippen LogP contribution is -2.49. The van der Waals surface area contributed by atoms with E-state index < -0.39 is 0 Å². The number of likely N-dealkylation sites (tertiary alicyclic amines) is 1. The number of nitrogens with zero attached hydrogens (tertiary/aromatic N) is 2. The van der Waals surface area contributed by atoms with Crippen LogP contribution < -0.4 is 5.32 Å². The normalized spacial score (nSPS) is 18.9. The number of rotatable bonds is 5. The van der Waals surface area contributed by atoms with Crippen LogP contribution in [0.25, 0.3) is 0 Å². The Morgan fingerprint density at radius 2 is 1.89 bits per heavy atom. The smallest absolute Gasteiger partial charge is 0.239 e. The van der Waals surface area contributed by atoms with Crippen molar-refractivity contribution in [2.24, 2.45) is 5.92 Å². The molecule has 1 aliphatic rings. The standard InChI is InChI=1S/C14H27N3O2/c1-5-8-15-13(18)12-6-9-17(10-7-12)11(2)14(19)16(3)4/h11-12H,5-10H2,1-4H3,(H,15,18). The first-order valence-electron chi connectivity index (χ1n) is 7.20. The predicted octanol–water partition coefficient (Wildman–Crippen LogP) is 0.701. The highest BCUT2D eigenvalue weighted by Crippen LogP contribution is 2.19. The van der Waals surface area contributed by atoms with Crippen molar-refractivity contribution in [2.75, 3.05) is 33.7 Å². The van der Waals surface area contributed by atoms with Gasteiger partial charge >= 0.3 is 0 Å². The van der Waals surface area contributed by atoms with E-state index in [-0.39, 0.29) is 23.8 Å². The first-order chi connectivity index (χ1) is 8.97. The van der Waals surface area contributed by atoms with Crippen LogP contribution in [-0.2, 0) is 9.59 Å². The third-order valence-electron chi connectivity index (χ3n) is 3.80. The van der Waals surface area contributed by atoms with Gasteiger partial charge in [-0.25, -0.2) is 0 Å². The number of hydrogen-bond donors (Lipinski definition) is 1. The number of carbonyl (C=O) groups is 2. The number of hydrogen-bond acceptors (Lipinski definition) is 3. The topological polar surface area (TPSA) is 52.7 Å². The van der Waals surface area contributed by atoms with Gasteiger partial charge in [0.1, 0.15) is 0 Å². The molecule has 19 heavy (non-hydrogen) atoms. The molecule has 0 saturated carbocycles. The molecule has 1 rings (SSSR count). The Morgan fingerprint density at radius 3 is 2.37 bits per heavy atom. The minimum absolute atomic E-state index is 0.0883. The lowest BCUT2D eigenvalue weighted by molar-refractivity contribution is -0.134. The van der Waals surface area contributed by atoms with Crippen molar-refractivity contribution in [3.05, 3.63) is 0 Å². The van der Waals surface area contributed by atoms with Gasteiger partial charge in [0.25, 0.3) is 0 Å². The Bertz CT molecular complexity index is 310. The van der Waals surface area contributed by atoms with Crippen molar-refractivity contribution in [2.45, 2.75) is 39.2 Å². The number of piperidine rings is 1. The fraction of sp³-hybridized carbons (Fsp3) is 0.857. The minimum Gasteiger partial charge on any atom is -0.356 e. The summed E-state index contributed by atoms with van der Waals surface area (Å²) in [5.74, 6) is 0.423. The molecule has 0 radical (unpaired) electrons. The van der Waals surface area contributed by atoms with Gasteiger partial charge in [0.15, 0.2) is 0 Å². The van der Waals surface area contributed by atoms with E-state index in [0.29, 0.717) is 0 Å². The molecular weight excluding hydrogens is 242 g/mol. The van der Waals surface area contributed by atoms with Gasteiger partial charge in [-0.05, 0) is 39.3 Å². The molecule has 0 aromatic carbocycles. The molecule has 110 valence electrons. The SMILES string of the molecule is CCCNC(=O)C1CCN(C(C)C(=O)N(C)C)CC1. The van der Waals surface area contributed by atoms with E-state index >= 15 is 0 Å². The van der Waals surface area contributed by atoms with E-state index in [4.69, 9.17) is 0 Å². The van der Waals surface area contributed by atoms with E-state index in [1.165, 1.54) is 0 Å². The summed E-state index contributed by atoms with van der Waals surface area (Å²) in [6, 6.07) is -0.0883. The predicted molar refractivity (Wildman–Crippen MR) is 75.8 cm³/mol. The fourth-order valence-electron chi connectivity index (χ4n) is 2.47. The summed E-state index contributed by atoms with van der Waals surface area (Å²) in [6.07, 6.45) is 2.67. The molecule has 0 aromatic rings. The maximum Gasteiger partial charge on any atom is 0.239 e. The summed E-state index contributed by atoms with van der Waals surface area (Å²) < 4.78 is 0. The van der Waals surface area contributed by atoms with Crippen molar-refractivity contribution < 1.29 is 9.59 Å². The van der Waals surface area contributed by atoms with Gasteiger partial charge < -0.3 is 10.2 Å². The van der Waals surface area contributed by atoms with E-state index in [0.717, 1.165) is 38.9 Å². The Morgan fingerprint density at radius 1 is 1.32 bits per heavy atom. The quantitative estimate of drug-likeness (QED) is 0.799. The number of likely N-dealkylation sites (N-methyl/N-ethyl adjacent to an activating group) is 1. The van der Waals surface area contributed by atoms with E-state index in [2.05, 4.69) is 17.1 Å². The Hall–Kier alpha value is -1.10. The summed E-state index contributed by atoms with van der Waals surface area (Å²) in [4.78, 5) is 27.6. The first-order valence-corrected chi connectivity index (χ1v) is 7.20. The molecular formula is C14H27N3O2. The largest absolute Gasteiger partial charge is 0.356 e. The molecule has 1 saturated heterocycles. The van der Waals surface area contributed by atoms with Crippen molar-refractivity contribution in [3.8, 4) is 0 Å². The highest BCUT2D eigenvalue weighted by molar-refractivity contribution is 5.81. The van der Waals surface area contributed by atoms with Crippen LogP contribution in [0, 0.1) is 5.92 Å². The fourth-order valence-corrected chi connectivity index (χ4v) is 2.47. The van der Waals surface area contributed by atoms with Crippen LogP contribution in [0.1, 0.15) is 33.1 Å². The van der Waals surface area contributed by atoms with Crippen LogP contribution in [-0.4, -0.2) is 61.4 Å². The van der Waals surface area contributed by atoms with Crippen LogP contribution in [0.2, 0.25) is 0 Å². The molecule has 1 heterocycles. The van der Waals surface area contributed by atoms with Gasteiger partial charge in [-0.3, -0.25) is 14.5 Å². The maximum absolute atomic E-state index is 11.9. The van der Waals surface area contributed by atoms with Gasteiger partial charge in [-0.1, -0.05) is 6.92 Å². The second-order valence-corrected chi connectivity index (χ2v) is 5.51. The lowest BCUT2D eigenvalue weighted by Gasteiger charge is -2.35. The van der Waals surface area contributed by atoms with Gasteiger partial charge in [0.2, 0.25) is 11.8 Å². The molecule has 5 heteroatoms. The van der Waals surface area contributed by atoms with Gasteiger partial charge in [-0.15, -0.1) is 0 Å². The van der Waals surface area contributed by atoms with Crippen LogP contribution in [0.15, 0.2) is 0 Å². The van der Waals surface area contributed by atoms with Crippen molar-refractivity contribution >= 4 is 11.8 Å². The molecule has 1 aliphatic heterocycles. The molecule has 0 spiro atoms. The first kappa shape index (κ1) is 16.0. The third kappa shape index (κ3) is 4.49. The number of amides is 2. The molecule has 0 aromatic heterocycles. The average Bonchev–Trinajstić information content (AvgIpc) is 2.43. The van der Waals surface area contributed by atoms with Crippen LogP contribution >= 0.6 is 0 Å². The summed E-state index contributed by atoms with van der Waals surface area (Å²) in [5, 5.41) is 2.95. The molecule has 0 aliphatic carbocycles. The zero-order valence-corrected chi connectivity index (χ0v) is 12.6. The Balaban J connectivity index is 2.40. The monoisotopic (exact) mass is 269 g/mol. The van der Waals surface area contributed by atoms with Gasteiger partial charge in [0, 0.05) is 26.6 Å². The zero-order valence-electron chi connectivity index (χ0n) is 12.6. The third-order valence-corrected chi connectivity index (χ3v) is 3.80. The molecule has 1 unspecified atom stereocenters. The summed E-state index contributed by atoms with van der Waals surface area (Å²) >= 11 is 0. The van der Waals surface area contributed by atoms with Crippen molar-refractivity contribution in [1.82, 2.24) is 15.1 Å². The minimum atomic E-state index is -0.0883. The number of nitrogens with one attached hydrogen (secondary N) is 1. The van der Waals surface area contributed by atoms with E-state index in [9.17, 15) is 9.59 Å². The second-order valence-electron chi connectivity index (χ2n) is 5.51. The highest BCUT2D eigenvalue weighted by Gasteiger charge is 2.29. The summed E-state index contributed by atoms with van der Waals surface area (Å²) in [5.41, 5.74) is 0. The van der Waals surface area contributed by atoms with Gasteiger partial charge in [-0.2, -0.15) is 0 Å². The van der Waals surface area contributed by atoms with E-state index in [1.807, 2.05) is 6.92 Å². The Kier molecular flexibility index (Phi) is 6.28. The van der Waals surface area contributed by atoms with Crippen LogP contribution in [0.4, 0.5) is 0 Å². The molecule has 1 fully saturated rings. The maximum atomic E-state index is 11.9. The average molecular weight is 269 g/mol. The summed E-state index contributed by atoms with van der Waals surface area (Å²) in [6.45, 7) is 6.40.